The molecule has 1 saturated heterocycles. The van der Waals surface area contributed by atoms with Crippen LogP contribution in [0.2, 0.25) is 0 Å². The largest absolute Gasteiger partial charge is 0.508 e. The Morgan fingerprint density at radius 2 is 1.76 bits per heavy atom. The second-order valence-corrected chi connectivity index (χ2v) is 7.65. The van der Waals surface area contributed by atoms with Crippen LogP contribution in [-0.2, 0) is 14.3 Å². The highest BCUT2D eigenvalue weighted by atomic mass is 16.7. The van der Waals surface area contributed by atoms with Crippen LogP contribution in [0.15, 0.2) is 36.4 Å². The molecule has 6 atom stereocenters. The minimum atomic E-state index is -1.79. The fraction of sp³-hybridized carbons (Fsp3) is 0.364. The maximum Gasteiger partial charge on any atom is 0.337 e. The maximum atomic E-state index is 12.6. The minimum Gasteiger partial charge on any atom is -0.508 e. The van der Waals surface area contributed by atoms with E-state index in [1.165, 1.54) is 12.1 Å². The zero-order chi connectivity index (χ0) is 23.9. The van der Waals surface area contributed by atoms with Crippen LogP contribution in [0.3, 0.4) is 0 Å². The van der Waals surface area contributed by atoms with E-state index >= 15 is 0 Å². The van der Waals surface area contributed by atoms with Gasteiger partial charge in [0.1, 0.15) is 53.0 Å². The van der Waals surface area contributed by atoms with E-state index in [9.17, 15) is 35.1 Å². The van der Waals surface area contributed by atoms with Gasteiger partial charge in [-0.25, -0.2) is 4.79 Å². The first kappa shape index (κ1) is 22.8. The molecule has 0 aromatic heterocycles. The number of carbonyl (C=O) groups excluding carboxylic acids is 2. The lowest BCUT2D eigenvalue weighted by atomic mass is 9.95. The summed E-state index contributed by atoms with van der Waals surface area (Å²) in [7, 11) is 1.06. The predicted octanol–water partition coefficient (Wildman–Crippen LogP) is 0.164. The zero-order valence-electron chi connectivity index (χ0n) is 17.3. The van der Waals surface area contributed by atoms with Gasteiger partial charge in [-0.2, -0.15) is 0 Å². The molecule has 0 amide bonds. The average Bonchev–Trinajstić information content (AvgIpc) is 2.78. The summed E-state index contributed by atoms with van der Waals surface area (Å²) in [5, 5.41) is 50.8. The SMILES string of the molecule is COC(=O)[C@@H]1O[C@@H](Oc2cc(O)c3c(c2)O[C@H](c2ccccc2O)CC3=O)[C@@H](O)[C@H](O)[C@H]1O. The van der Waals surface area contributed by atoms with Crippen LogP contribution in [0.5, 0.6) is 23.0 Å². The second-order valence-electron chi connectivity index (χ2n) is 7.65. The lowest BCUT2D eigenvalue weighted by Gasteiger charge is -2.39. The van der Waals surface area contributed by atoms with Crippen LogP contribution in [-0.4, -0.2) is 75.1 Å². The first-order chi connectivity index (χ1) is 15.7. The van der Waals surface area contributed by atoms with E-state index in [0.29, 0.717) is 5.56 Å². The number of rotatable bonds is 4. The number of hydrogen-bond acceptors (Lipinski definition) is 11. The molecule has 4 rings (SSSR count). The van der Waals surface area contributed by atoms with E-state index < -0.39 is 54.3 Å². The Balaban J connectivity index is 1.61. The van der Waals surface area contributed by atoms with Gasteiger partial charge in [0.05, 0.1) is 13.5 Å². The van der Waals surface area contributed by atoms with Crippen LogP contribution in [0, 0.1) is 0 Å². The van der Waals surface area contributed by atoms with Crippen molar-refractivity contribution in [3.8, 4) is 23.0 Å². The van der Waals surface area contributed by atoms with E-state index in [0.717, 1.165) is 13.2 Å². The van der Waals surface area contributed by atoms with E-state index in [-0.39, 0.29) is 29.2 Å². The third kappa shape index (κ3) is 4.18. The summed E-state index contributed by atoms with van der Waals surface area (Å²) in [5.74, 6) is -2.09. The monoisotopic (exact) mass is 462 g/mol. The molecule has 176 valence electrons. The lowest BCUT2D eigenvalue weighted by molar-refractivity contribution is -0.271. The Morgan fingerprint density at radius 3 is 2.45 bits per heavy atom. The van der Waals surface area contributed by atoms with Crippen molar-refractivity contribution >= 4 is 11.8 Å². The molecule has 0 bridgehead atoms. The number of aliphatic hydroxyl groups excluding tert-OH is 3. The Hall–Kier alpha value is -3.38. The molecule has 2 aromatic rings. The summed E-state index contributed by atoms with van der Waals surface area (Å²) < 4.78 is 21.1. The highest BCUT2D eigenvalue weighted by molar-refractivity contribution is 6.02. The molecular formula is C22H22O11. The van der Waals surface area contributed by atoms with Gasteiger partial charge in [-0.15, -0.1) is 0 Å². The van der Waals surface area contributed by atoms with Crippen LogP contribution in [0.1, 0.15) is 28.4 Å². The average molecular weight is 462 g/mol. The molecule has 2 heterocycles. The van der Waals surface area contributed by atoms with Gasteiger partial charge < -0.3 is 44.5 Å². The molecule has 0 saturated carbocycles. The van der Waals surface area contributed by atoms with Crippen molar-refractivity contribution in [2.45, 2.75) is 43.2 Å². The third-order valence-corrected chi connectivity index (χ3v) is 5.51. The molecule has 0 spiro atoms. The summed E-state index contributed by atoms with van der Waals surface area (Å²) in [4.78, 5) is 24.5. The summed E-state index contributed by atoms with van der Waals surface area (Å²) in [6.45, 7) is 0. The third-order valence-electron chi connectivity index (χ3n) is 5.51. The van der Waals surface area contributed by atoms with Crippen molar-refractivity contribution in [2.75, 3.05) is 7.11 Å². The molecular weight excluding hydrogens is 440 g/mol. The molecule has 11 nitrogen and oxygen atoms in total. The Labute approximate surface area is 187 Å². The van der Waals surface area contributed by atoms with Crippen LogP contribution in [0.25, 0.3) is 0 Å². The number of ketones is 1. The quantitative estimate of drug-likeness (QED) is 0.392. The summed E-state index contributed by atoms with van der Waals surface area (Å²) in [6.07, 6.45) is -9.50. The van der Waals surface area contributed by atoms with Crippen molar-refractivity contribution < 1.29 is 54.1 Å². The highest BCUT2D eigenvalue weighted by Gasteiger charge is 2.48. The first-order valence-corrected chi connectivity index (χ1v) is 10.00. The summed E-state index contributed by atoms with van der Waals surface area (Å²) in [5.41, 5.74) is 0.299. The van der Waals surface area contributed by atoms with Crippen molar-refractivity contribution in [3.63, 3.8) is 0 Å². The van der Waals surface area contributed by atoms with E-state index in [1.54, 1.807) is 18.2 Å². The van der Waals surface area contributed by atoms with Gasteiger partial charge >= 0.3 is 5.97 Å². The van der Waals surface area contributed by atoms with E-state index in [4.69, 9.17) is 14.2 Å². The molecule has 33 heavy (non-hydrogen) atoms. The number of benzene rings is 2. The smallest absolute Gasteiger partial charge is 0.337 e. The van der Waals surface area contributed by atoms with Gasteiger partial charge in [-0.1, -0.05) is 18.2 Å². The number of esters is 1. The van der Waals surface area contributed by atoms with Gasteiger partial charge in [0, 0.05) is 17.7 Å². The van der Waals surface area contributed by atoms with Crippen LogP contribution < -0.4 is 9.47 Å². The van der Waals surface area contributed by atoms with Crippen molar-refractivity contribution in [2.24, 2.45) is 0 Å². The lowest BCUT2D eigenvalue weighted by Crippen LogP contribution is -2.61. The molecule has 2 aromatic carbocycles. The molecule has 2 aliphatic heterocycles. The van der Waals surface area contributed by atoms with Crippen LogP contribution >= 0.6 is 0 Å². The summed E-state index contributed by atoms with van der Waals surface area (Å²) >= 11 is 0. The number of ether oxygens (including phenoxy) is 4. The van der Waals surface area contributed by atoms with E-state index in [2.05, 4.69) is 4.74 Å². The predicted molar refractivity (Wildman–Crippen MR) is 108 cm³/mol. The van der Waals surface area contributed by atoms with Gasteiger partial charge in [0.25, 0.3) is 0 Å². The second kappa shape index (κ2) is 8.87. The van der Waals surface area contributed by atoms with Gasteiger partial charge in [0.15, 0.2) is 11.9 Å². The number of Topliss-reactive ketones (excluding diaryl/α,β-unsaturated/α-hetero) is 1. The molecule has 0 radical (unpaired) electrons. The fourth-order valence-electron chi connectivity index (χ4n) is 3.81. The molecule has 2 aliphatic rings. The number of fused-ring (bicyclic) bond motifs is 1. The van der Waals surface area contributed by atoms with Gasteiger partial charge in [0.2, 0.25) is 6.29 Å². The van der Waals surface area contributed by atoms with Gasteiger partial charge in [-0.05, 0) is 6.07 Å². The molecule has 0 unspecified atom stereocenters. The zero-order valence-corrected chi connectivity index (χ0v) is 17.3. The van der Waals surface area contributed by atoms with Crippen molar-refractivity contribution in [1.82, 2.24) is 0 Å². The van der Waals surface area contributed by atoms with E-state index in [1.807, 2.05) is 0 Å². The maximum absolute atomic E-state index is 12.6. The summed E-state index contributed by atoms with van der Waals surface area (Å²) in [6, 6.07) is 8.70. The Morgan fingerprint density at radius 1 is 1.03 bits per heavy atom. The molecule has 0 aliphatic carbocycles. The number of phenolic OH excluding ortho intramolecular Hbond substituents is 2. The Kier molecular flexibility index (Phi) is 6.13. The highest BCUT2D eigenvalue weighted by Crippen LogP contribution is 2.43. The van der Waals surface area contributed by atoms with Crippen LogP contribution in [0.4, 0.5) is 0 Å². The number of para-hydroxylation sites is 1. The number of methoxy groups -OCH3 is 1. The first-order valence-electron chi connectivity index (χ1n) is 10.00. The number of hydrogen-bond donors (Lipinski definition) is 5. The number of aliphatic hydroxyl groups is 3. The number of phenols is 2. The number of carbonyl (C=O) groups is 2. The van der Waals surface area contributed by atoms with Crippen molar-refractivity contribution in [3.05, 3.63) is 47.5 Å². The van der Waals surface area contributed by atoms with Crippen molar-refractivity contribution in [1.29, 1.82) is 0 Å². The molecule has 1 fully saturated rings. The van der Waals surface area contributed by atoms with Gasteiger partial charge in [-0.3, -0.25) is 4.79 Å². The topological polar surface area (TPSA) is 172 Å². The molecule has 5 N–H and O–H groups in total. The number of aromatic hydroxyl groups is 2. The Bertz CT molecular complexity index is 1070. The normalized spacial score (nSPS) is 29.0. The minimum absolute atomic E-state index is 0.0371. The fourth-order valence-corrected chi connectivity index (χ4v) is 3.81. The molecule has 11 heteroatoms. The standard InChI is InChI=1S/C22H22O11/c1-30-21(29)20-18(27)17(26)19(28)22(33-20)31-9-6-12(24)16-13(25)8-14(32-15(16)7-9)10-4-2-3-5-11(10)23/h2-7,14,17-20,22-24,26-28H,8H2,1H3/t14-,17+,18+,19-,20+,22+/m0/s1.